The summed E-state index contributed by atoms with van der Waals surface area (Å²) in [4.78, 5) is 30.0. The number of aromatic nitrogens is 1. The van der Waals surface area contributed by atoms with Gasteiger partial charge in [-0.05, 0) is 61.4 Å². The molecule has 6 heteroatoms. The van der Waals surface area contributed by atoms with Crippen LogP contribution in [0.3, 0.4) is 0 Å². The van der Waals surface area contributed by atoms with Gasteiger partial charge in [0.05, 0.1) is 5.56 Å². The Morgan fingerprint density at radius 1 is 0.857 bits per heavy atom. The molecule has 2 N–H and O–H groups in total. The van der Waals surface area contributed by atoms with Gasteiger partial charge in [0.1, 0.15) is 5.03 Å². The van der Waals surface area contributed by atoms with Crippen LogP contribution in [-0.4, -0.2) is 16.8 Å². The van der Waals surface area contributed by atoms with E-state index in [-0.39, 0.29) is 17.7 Å². The SMILES string of the molecule is O=C(Nc1ccc(NC(=O)C2CC2)cc1)c1cccnc1Sc1ccccc1. The number of nitrogens with one attached hydrogen (secondary N) is 2. The van der Waals surface area contributed by atoms with Crippen LogP contribution < -0.4 is 10.6 Å². The van der Waals surface area contributed by atoms with Crippen molar-refractivity contribution >= 4 is 35.0 Å². The fourth-order valence-corrected chi connectivity index (χ4v) is 3.57. The van der Waals surface area contributed by atoms with Crippen molar-refractivity contribution in [2.24, 2.45) is 5.92 Å². The summed E-state index contributed by atoms with van der Waals surface area (Å²) in [5, 5.41) is 6.43. The van der Waals surface area contributed by atoms with E-state index in [1.165, 1.54) is 11.8 Å². The molecule has 1 aliphatic carbocycles. The standard InChI is InChI=1S/C22H19N3O2S/c26-20(15-8-9-15)24-16-10-12-17(13-11-16)25-21(27)19-7-4-14-23-22(19)28-18-5-2-1-3-6-18/h1-7,10-15H,8-9H2,(H,24,26)(H,25,27). The summed E-state index contributed by atoms with van der Waals surface area (Å²) < 4.78 is 0. The van der Waals surface area contributed by atoms with Crippen molar-refractivity contribution in [2.75, 3.05) is 10.6 Å². The molecule has 4 rings (SSSR count). The van der Waals surface area contributed by atoms with Gasteiger partial charge in [0.15, 0.2) is 0 Å². The van der Waals surface area contributed by atoms with E-state index in [4.69, 9.17) is 0 Å². The summed E-state index contributed by atoms with van der Waals surface area (Å²) in [6.45, 7) is 0. The summed E-state index contributed by atoms with van der Waals surface area (Å²) in [6.07, 6.45) is 3.61. The molecule has 0 radical (unpaired) electrons. The van der Waals surface area contributed by atoms with Gasteiger partial charge in [-0.1, -0.05) is 30.0 Å². The van der Waals surface area contributed by atoms with Crippen LogP contribution in [-0.2, 0) is 4.79 Å². The van der Waals surface area contributed by atoms with Gasteiger partial charge in [0.25, 0.3) is 5.91 Å². The van der Waals surface area contributed by atoms with Crippen LogP contribution in [0.4, 0.5) is 11.4 Å². The third kappa shape index (κ3) is 4.58. The summed E-state index contributed by atoms with van der Waals surface area (Å²) >= 11 is 1.45. The highest BCUT2D eigenvalue weighted by Gasteiger charge is 2.29. The van der Waals surface area contributed by atoms with Crippen molar-refractivity contribution in [2.45, 2.75) is 22.8 Å². The molecule has 5 nitrogen and oxygen atoms in total. The molecule has 2 aromatic carbocycles. The van der Waals surface area contributed by atoms with Crippen LogP contribution in [0.5, 0.6) is 0 Å². The molecule has 1 saturated carbocycles. The molecule has 1 heterocycles. The van der Waals surface area contributed by atoms with Gasteiger partial charge < -0.3 is 10.6 Å². The first-order chi connectivity index (χ1) is 13.7. The van der Waals surface area contributed by atoms with E-state index in [9.17, 15) is 9.59 Å². The number of amides is 2. The molecule has 1 aromatic heterocycles. The Morgan fingerprint density at radius 2 is 1.54 bits per heavy atom. The summed E-state index contributed by atoms with van der Waals surface area (Å²) in [6, 6.07) is 20.5. The largest absolute Gasteiger partial charge is 0.326 e. The lowest BCUT2D eigenvalue weighted by molar-refractivity contribution is -0.117. The van der Waals surface area contributed by atoms with Gasteiger partial charge in [0, 0.05) is 28.4 Å². The zero-order valence-corrected chi connectivity index (χ0v) is 15.9. The van der Waals surface area contributed by atoms with Crippen molar-refractivity contribution in [1.82, 2.24) is 4.98 Å². The average molecular weight is 389 g/mol. The molecule has 0 atom stereocenters. The smallest absolute Gasteiger partial charge is 0.258 e. The minimum absolute atomic E-state index is 0.0646. The predicted octanol–water partition coefficient (Wildman–Crippen LogP) is 4.83. The zero-order chi connectivity index (χ0) is 19.3. The Hall–Kier alpha value is -3.12. The number of pyridine rings is 1. The van der Waals surface area contributed by atoms with E-state index in [0.29, 0.717) is 16.3 Å². The molecule has 1 aliphatic rings. The lowest BCUT2D eigenvalue weighted by atomic mass is 10.2. The topological polar surface area (TPSA) is 71.1 Å². The third-order valence-electron chi connectivity index (χ3n) is 4.33. The van der Waals surface area contributed by atoms with Crippen LogP contribution in [0, 0.1) is 5.92 Å². The van der Waals surface area contributed by atoms with Gasteiger partial charge >= 0.3 is 0 Å². The Balaban J connectivity index is 1.44. The molecule has 28 heavy (non-hydrogen) atoms. The molecular weight excluding hydrogens is 370 g/mol. The lowest BCUT2D eigenvalue weighted by Gasteiger charge is -2.10. The molecule has 0 bridgehead atoms. The monoisotopic (exact) mass is 389 g/mol. The van der Waals surface area contributed by atoms with Gasteiger partial charge in [0.2, 0.25) is 5.91 Å². The number of carbonyl (C=O) groups excluding carboxylic acids is 2. The maximum absolute atomic E-state index is 12.8. The van der Waals surface area contributed by atoms with Crippen molar-refractivity contribution in [3.05, 3.63) is 78.5 Å². The van der Waals surface area contributed by atoms with E-state index >= 15 is 0 Å². The summed E-state index contributed by atoms with van der Waals surface area (Å²) in [7, 11) is 0. The molecule has 3 aromatic rings. The van der Waals surface area contributed by atoms with Crippen molar-refractivity contribution in [3.8, 4) is 0 Å². The Bertz CT molecular complexity index is 986. The summed E-state index contributed by atoms with van der Waals surface area (Å²) in [5.41, 5.74) is 1.91. The first-order valence-corrected chi connectivity index (χ1v) is 9.91. The number of hydrogen-bond donors (Lipinski definition) is 2. The maximum Gasteiger partial charge on any atom is 0.258 e. The molecule has 0 unspecified atom stereocenters. The van der Waals surface area contributed by atoms with Crippen molar-refractivity contribution in [1.29, 1.82) is 0 Å². The first-order valence-electron chi connectivity index (χ1n) is 9.09. The molecule has 1 fully saturated rings. The van der Waals surface area contributed by atoms with Crippen LogP contribution in [0.25, 0.3) is 0 Å². The van der Waals surface area contributed by atoms with Gasteiger partial charge in [-0.3, -0.25) is 9.59 Å². The second kappa shape index (κ2) is 8.27. The number of benzene rings is 2. The fraction of sp³-hybridized carbons (Fsp3) is 0.136. The maximum atomic E-state index is 12.8. The van der Waals surface area contributed by atoms with Crippen LogP contribution >= 0.6 is 11.8 Å². The second-order valence-electron chi connectivity index (χ2n) is 6.57. The van der Waals surface area contributed by atoms with Gasteiger partial charge in [-0.2, -0.15) is 0 Å². The first kappa shape index (κ1) is 18.3. The van der Waals surface area contributed by atoms with Crippen molar-refractivity contribution < 1.29 is 9.59 Å². The van der Waals surface area contributed by atoms with E-state index in [1.54, 1.807) is 42.6 Å². The second-order valence-corrected chi connectivity index (χ2v) is 7.63. The number of rotatable bonds is 6. The Labute approximate surface area is 167 Å². The fourth-order valence-electron chi connectivity index (χ4n) is 2.67. The molecular formula is C22H19N3O2S. The number of anilines is 2. The number of carbonyl (C=O) groups is 2. The zero-order valence-electron chi connectivity index (χ0n) is 15.1. The highest BCUT2D eigenvalue weighted by molar-refractivity contribution is 7.99. The molecule has 0 saturated heterocycles. The van der Waals surface area contributed by atoms with Crippen LogP contribution in [0.2, 0.25) is 0 Å². The number of nitrogens with zero attached hydrogens (tertiary/aromatic N) is 1. The Morgan fingerprint density at radius 3 is 2.21 bits per heavy atom. The normalized spacial score (nSPS) is 13.0. The van der Waals surface area contributed by atoms with Crippen LogP contribution in [0.1, 0.15) is 23.2 Å². The molecule has 0 spiro atoms. The summed E-state index contributed by atoms with van der Waals surface area (Å²) in [5.74, 6) is 0.00140. The quantitative estimate of drug-likeness (QED) is 0.633. The minimum atomic E-state index is -0.221. The third-order valence-corrected chi connectivity index (χ3v) is 5.36. The Kier molecular flexibility index (Phi) is 5.39. The van der Waals surface area contributed by atoms with E-state index < -0.39 is 0 Å². The lowest BCUT2D eigenvalue weighted by Crippen LogP contribution is -2.14. The van der Waals surface area contributed by atoms with Crippen LogP contribution in [0.15, 0.2) is 82.8 Å². The highest BCUT2D eigenvalue weighted by atomic mass is 32.2. The van der Waals surface area contributed by atoms with E-state index in [0.717, 1.165) is 23.4 Å². The van der Waals surface area contributed by atoms with E-state index in [2.05, 4.69) is 15.6 Å². The average Bonchev–Trinajstić information content (AvgIpc) is 3.56. The predicted molar refractivity (Wildman–Crippen MR) is 111 cm³/mol. The minimum Gasteiger partial charge on any atom is -0.326 e. The molecule has 2 amide bonds. The number of hydrogen-bond acceptors (Lipinski definition) is 4. The molecule has 140 valence electrons. The van der Waals surface area contributed by atoms with Crippen molar-refractivity contribution in [3.63, 3.8) is 0 Å². The van der Waals surface area contributed by atoms with Gasteiger partial charge in [-0.15, -0.1) is 0 Å². The molecule has 0 aliphatic heterocycles. The van der Waals surface area contributed by atoms with E-state index in [1.807, 2.05) is 30.3 Å². The highest BCUT2D eigenvalue weighted by Crippen LogP contribution is 2.31. The van der Waals surface area contributed by atoms with Gasteiger partial charge in [-0.25, -0.2) is 4.98 Å².